The molecule has 4 heteroatoms. The lowest BCUT2D eigenvalue weighted by molar-refractivity contribution is 0.727. The van der Waals surface area contributed by atoms with Gasteiger partial charge in [-0.2, -0.15) is 11.8 Å². The summed E-state index contributed by atoms with van der Waals surface area (Å²) in [5.74, 6) is 2.24. The highest BCUT2D eigenvalue weighted by molar-refractivity contribution is 8.00. The highest BCUT2D eigenvalue weighted by Gasteiger charge is 2.15. The van der Waals surface area contributed by atoms with Gasteiger partial charge in [-0.15, -0.1) is 0 Å². The second-order valence-electron chi connectivity index (χ2n) is 5.14. The number of aryl methyl sites for hydroxylation is 1. The Labute approximate surface area is 126 Å². The maximum Gasteiger partial charge on any atom is 0.191 e. The summed E-state index contributed by atoms with van der Waals surface area (Å²) < 4.78 is 0. The summed E-state index contributed by atoms with van der Waals surface area (Å²) in [5, 5.41) is 7.54. The van der Waals surface area contributed by atoms with Gasteiger partial charge in [-0.25, -0.2) is 4.99 Å². The molecule has 0 saturated carbocycles. The zero-order valence-corrected chi connectivity index (χ0v) is 13.3. The van der Waals surface area contributed by atoms with Crippen LogP contribution in [0.3, 0.4) is 0 Å². The average molecular weight is 291 g/mol. The van der Waals surface area contributed by atoms with Crippen molar-refractivity contribution in [2.24, 2.45) is 4.99 Å². The fourth-order valence-corrected chi connectivity index (χ4v) is 3.51. The minimum atomic E-state index is 0.736. The number of hydrogen-bond donors (Lipinski definition) is 2. The molecular formula is C16H25N3S. The first-order valence-corrected chi connectivity index (χ1v) is 8.52. The van der Waals surface area contributed by atoms with E-state index >= 15 is 0 Å². The average Bonchev–Trinajstić information content (AvgIpc) is 2.97. The molecule has 1 aliphatic heterocycles. The first-order chi connectivity index (χ1) is 9.79. The van der Waals surface area contributed by atoms with Crippen LogP contribution in [0.1, 0.15) is 30.9 Å². The molecule has 1 unspecified atom stereocenters. The minimum Gasteiger partial charge on any atom is -0.357 e. The van der Waals surface area contributed by atoms with Crippen LogP contribution in [0.5, 0.6) is 0 Å². The summed E-state index contributed by atoms with van der Waals surface area (Å²) >= 11 is 2.07. The summed E-state index contributed by atoms with van der Waals surface area (Å²) in [4.78, 5) is 4.69. The van der Waals surface area contributed by atoms with E-state index in [4.69, 9.17) is 4.99 Å². The summed E-state index contributed by atoms with van der Waals surface area (Å²) in [6, 6.07) is 8.44. The van der Waals surface area contributed by atoms with Gasteiger partial charge in [0, 0.05) is 18.3 Å². The number of benzene rings is 1. The van der Waals surface area contributed by atoms with Crippen molar-refractivity contribution in [2.75, 3.05) is 18.8 Å². The summed E-state index contributed by atoms with van der Waals surface area (Å²) in [6.45, 7) is 6.90. The van der Waals surface area contributed by atoms with Crippen LogP contribution in [0.2, 0.25) is 0 Å². The van der Waals surface area contributed by atoms with E-state index in [9.17, 15) is 0 Å². The number of nitrogens with one attached hydrogen (secondary N) is 2. The molecule has 1 aromatic carbocycles. The Morgan fingerprint density at radius 3 is 2.90 bits per heavy atom. The first-order valence-electron chi connectivity index (χ1n) is 7.48. The maximum absolute atomic E-state index is 4.69. The van der Waals surface area contributed by atoms with Crippen molar-refractivity contribution in [2.45, 2.75) is 38.5 Å². The normalized spacial score (nSPS) is 19.1. The molecule has 1 atom stereocenters. The van der Waals surface area contributed by atoms with E-state index in [-0.39, 0.29) is 0 Å². The number of guanidine groups is 1. The second-order valence-corrected chi connectivity index (χ2v) is 6.55. The van der Waals surface area contributed by atoms with Crippen LogP contribution in [-0.4, -0.2) is 30.1 Å². The van der Waals surface area contributed by atoms with Crippen LogP contribution in [0, 0.1) is 6.92 Å². The lowest BCUT2D eigenvalue weighted by Crippen LogP contribution is -2.40. The van der Waals surface area contributed by atoms with Crippen LogP contribution < -0.4 is 10.6 Å². The number of hydrogen-bond acceptors (Lipinski definition) is 2. The van der Waals surface area contributed by atoms with Gasteiger partial charge < -0.3 is 10.6 Å². The molecule has 0 bridgehead atoms. The molecule has 1 saturated heterocycles. The molecule has 0 aromatic heterocycles. The number of thioether (sulfide) groups is 1. The zero-order chi connectivity index (χ0) is 14.2. The zero-order valence-electron chi connectivity index (χ0n) is 12.5. The number of aliphatic imine (C=N–C) groups is 1. The fourth-order valence-electron chi connectivity index (χ4n) is 2.31. The summed E-state index contributed by atoms with van der Waals surface area (Å²) in [7, 11) is 0. The Bertz CT molecular complexity index is 439. The standard InChI is InChI=1S/C16H25N3S/c1-3-17-16(19-12-15-9-6-10-20-15)18-11-14-8-5-4-7-13(14)2/h4-5,7-8,15H,3,6,9-12H2,1-2H3,(H2,17,18,19). The Morgan fingerprint density at radius 1 is 1.35 bits per heavy atom. The van der Waals surface area contributed by atoms with E-state index in [0.717, 1.165) is 30.8 Å². The Balaban J connectivity index is 1.89. The molecule has 0 amide bonds. The Morgan fingerprint density at radius 2 is 2.20 bits per heavy atom. The fraction of sp³-hybridized carbons (Fsp3) is 0.562. The van der Waals surface area contributed by atoms with Crippen molar-refractivity contribution in [1.82, 2.24) is 10.6 Å². The maximum atomic E-state index is 4.69. The minimum absolute atomic E-state index is 0.736. The first kappa shape index (κ1) is 15.2. The van der Waals surface area contributed by atoms with E-state index in [1.54, 1.807) is 0 Å². The van der Waals surface area contributed by atoms with E-state index in [0.29, 0.717) is 0 Å². The smallest absolute Gasteiger partial charge is 0.191 e. The van der Waals surface area contributed by atoms with E-state index in [1.807, 2.05) is 0 Å². The van der Waals surface area contributed by atoms with Gasteiger partial charge in [0.25, 0.3) is 0 Å². The molecule has 20 heavy (non-hydrogen) atoms. The van der Waals surface area contributed by atoms with Gasteiger partial charge in [-0.05, 0) is 43.6 Å². The van der Waals surface area contributed by atoms with Crippen molar-refractivity contribution < 1.29 is 0 Å². The third kappa shape index (κ3) is 4.75. The molecule has 0 aliphatic carbocycles. The van der Waals surface area contributed by atoms with Crippen molar-refractivity contribution in [3.05, 3.63) is 35.4 Å². The van der Waals surface area contributed by atoms with Gasteiger partial charge in [0.2, 0.25) is 0 Å². The lowest BCUT2D eigenvalue weighted by atomic mass is 10.1. The molecule has 1 heterocycles. The van der Waals surface area contributed by atoms with Crippen LogP contribution in [0.4, 0.5) is 0 Å². The summed E-state index contributed by atoms with van der Waals surface area (Å²) in [5.41, 5.74) is 2.60. The molecule has 0 spiro atoms. The van der Waals surface area contributed by atoms with Gasteiger partial charge >= 0.3 is 0 Å². The molecular weight excluding hydrogens is 266 g/mol. The molecule has 2 rings (SSSR count). The number of nitrogens with zero attached hydrogens (tertiary/aromatic N) is 1. The van der Waals surface area contributed by atoms with Crippen molar-refractivity contribution >= 4 is 17.7 Å². The molecule has 1 fully saturated rings. The van der Waals surface area contributed by atoms with Gasteiger partial charge in [-0.3, -0.25) is 0 Å². The van der Waals surface area contributed by atoms with E-state index in [1.165, 1.54) is 29.7 Å². The largest absolute Gasteiger partial charge is 0.357 e. The lowest BCUT2D eigenvalue weighted by Gasteiger charge is -2.14. The monoisotopic (exact) mass is 291 g/mol. The van der Waals surface area contributed by atoms with Gasteiger partial charge in [0.15, 0.2) is 5.96 Å². The third-order valence-electron chi connectivity index (χ3n) is 3.53. The molecule has 1 aromatic rings. The SMILES string of the molecule is CCNC(=NCc1ccccc1C)NCC1CCCS1. The van der Waals surface area contributed by atoms with Gasteiger partial charge in [-0.1, -0.05) is 24.3 Å². The quantitative estimate of drug-likeness (QED) is 0.647. The number of rotatable bonds is 5. The third-order valence-corrected chi connectivity index (χ3v) is 4.93. The van der Waals surface area contributed by atoms with Gasteiger partial charge in [0.1, 0.15) is 0 Å². The van der Waals surface area contributed by atoms with Crippen molar-refractivity contribution in [3.63, 3.8) is 0 Å². The highest BCUT2D eigenvalue weighted by Crippen LogP contribution is 2.25. The van der Waals surface area contributed by atoms with Crippen molar-refractivity contribution in [3.8, 4) is 0 Å². The molecule has 2 N–H and O–H groups in total. The molecule has 110 valence electrons. The van der Waals surface area contributed by atoms with Crippen molar-refractivity contribution in [1.29, 1.82) is 0 Å². The summed E-state index contributed by atoms with van der Waals surface area (Å²) in [6.07, 6.45) is 2.68. The molecule has 3 nitrogen and oxygen atoms in total. The van der Waals surface area contributed by atoms with Crippen LogP contribution in [0.15, 0.2) is 29.3 Å². The molecule has 0 radical (unpaired) electrons. The Kier molecular flexibility index (Phi) is 6.25. The van der Waals surface area contributed by atoms with Gasteiger partial charge in [0.05, 0.1) is 6.54 Å². The van der Waals surface area contributed by atoms with E-state index < -0.39 is 0 Å². The second kappa shape index (κ2) is 8.20. The van der Waals surface area contributed by atoms with Crippen LogP contribution in [0.25, 0.3) is 0 Å². The van der Waals surface area contributed by atoms with Crippen LogP contribution in [-0.2, 0) is 6.54 Å². The topological polar surface area (TPSA) is 36.4 Å². The highest BCUT2D eigenvalue weighted by atomic mass is 32.2. The Hall–Kier alpha value is -1.16. The predicted octanol–water partition coefficient (Wildman–Crippen LogP) is 2.95. The molecule has 1 aliphatic rings. The van der Waals surface area contributed by atoms with Crippen LogP contribution >= 0.6 is 11.8 Å². The van der Waals surface area contributed by atoms with E-state index in [2.05, 4.69) is 60.5 Å². The predicted molar refractivity (Wildman–Crippen MR) is 89.5 cm³/mol.